The van der Waals surface area contributed by atoms with Crippen LogP contribution in [0, 0.1) is 5.82 Å². The van der Waals surface area contributed by atoms with E-state index in [2.05, 4.69) is 32.3 Å². The van der Waals surface area contributed by atoms with Crippen molar-refractivity contribution in [3.63, 3.8) is 0 Å². The predicted molar refractivity (Wildman–Crippen MR) is 110 cm³/mol. The van der Waals surface area contributed by atoms with Crippen LogP contribution in [0.15, 0.2) is 66.9 Å². The van der Waals surface area contributed by atoms with Crippen molar-refractivity contribution in [1.82, 2.24) is 14.9 Å². The highest BCUT2D eigenvalue weighted by Crippen LogP contribution is 2.17. The molecular weight excluding hydrogens is 369 g/mol. The van der Waals surface area contributed by atoms with Gasteiger partial charge < -0.3 is 15.1 Å². The van der Waals surface area contributed by atoms with Crippen LogP contribution in [-0.4, -0.2) is 47.0 Å². The van der Waals surface area contributed by atoms with Gasteiger partial charge in [0.15, 0.2) is 0 Å². The number of halogens is 1. The van der Waals surface area contributed by atoms with Gasteiger partial charge >= 0.3 is 0 Å². The van der Waals surface area contributed by atoms with E-state index in [0.29, 0.717) is 30.3 Å². The molecule has 0 bridgehead atoms. The first-order valence-corrected chi connectivity index (χ1v) is 9.60. The molecular formula is C22H22FN5O. The molecule has 1 aliphatic heterocycles. The first kappa shape index (κ1) is 18.9. The molecule has 0 saturated carbocycles. The van der Waals surface area contributed by atoms with Crippen LogP contribution in [-0.2, 0) is 6.54 Å². The zero-order valence-electron chi connectivity index (χ0n) is 16.0. The molecule has 4 rings (SSSR count). The Labute approximate surface area is 169 Å². The number of amides is 1. The Morgan fingerprint density at radius 1 is 0.966 bits per heavy atom. The number of carbonyl (C=O) groups excluding carboxylic acids is 1. The van der Waals surface area contributed by atoms with E-state index in [1.54, 1.807) is 30.5 Å². The fourth-order valence-corrected chi connectivity index (χ4v) is 3.35. The lowest BCUT2D eigenvalue weighted by atomic mass is 10.2. The topological polar surface area (TPSA) is 61.4 Å². The van der Waals surface area contributed by atoms with Crippen molar-refractivity contribution in [3.8, 4) is 0 Å². The Morgan fingerprint density at radius 2 is 1.69 bits per heavy atom. The second kappa shape index (κ2) is 8.68. The van der Waals surface area contributed by atoms with Crippen molar-refractivity contribution in [2.75, 3.05) is 36.4 Å². The third-order valence-electron chi connectivity index (χ3n) is 4.96. The zero-order valence-corrected chi connectivity index (χ0v) is 16.0. The third-order valence-corrected chi connectivity index (χ3v) is 4.96. The van der Waals surface area contributed by atoms with Crippen molar-refractivity contribution < 1.29 is 9.18 Å². The van der Waals surface area contributed by atoms with Crippen molar-refractivity contribution in [1.29, 1.82) is 0 Å². The number of piperazine rings is 1. The number of para-hydroxylation sites is 1. The first-order valence-electron chi connectivity index (χ1n) is 9.60. The maximum atomic E-state index is 13.8. The molecule has 0 atom stereocenters. The molecule has 1 saturated heterocycles. The van der Waals surface area contributed by atoms with E-state index in [9.17, 15) is 9.18 Å². The van der Waals surface area contributed by atoms with Crippen molar-refractivity contribution in [3.05, 3.63) is 83.9 Å². The minimum absolute atomic E-state index is 0.117. The Morgan fingerprint density at radius 3 is 2.45 bits per heavy atom. The summed E-state index contributed by atoms with van der Waals surface area (Å²) in [5.41, 5.74) is 2.02. The van der Waals surface area contributed by atoms with Crippen molar-refractivity contribution in [2.45, 2.75) is 6.54 Å². The average molecular weight is 391 g/mol. The van der Waals surface area contributed by atoms with Crippen LogP contribution < -0.4 is 10.2 Å². The number of nitrogens with zero attached hydrogens (tertiary/aromatic N) is 4. The first-order chi connectivity index (χ1) is 14.2. The zero-order chi connectivity index (χ0) is 20.1. The fourth-order valence-electron chi connectivity index (χ4n) is 3.35. The number of nitrogens with one attached hydrogen (secondary N) is 1. The molecule has 1 amide bonds. The number of carbonyl (C=O) groups is 1. The van der Waals surface area contributed by atoms with Crippen LogP contribution in [0.4, 0.5) is 16.0 Å². The maximum absolute atomic E-state index is 13.8. The Bertz CT molecular complexity index is 974. The van der Waals surface area contributed by atoms with E-state index < -0.39 is 0 Å². The molecule has 1 aromatic heterocycles. The van der Waals surface area contributed by atoms with E-state index in [0.717, 1.165) is 13.1 Å². The number of aromatic nitrogens is 2. The number of anilines is 2. The van der Waals surface area contributed by atoms with Gasteiger partial charge in [0.1, 0.15) is 11.5 Å². The normalized spacial score (nSPS) is 14.0. The molecule has 29 heavy (non-hydrogen) atoms. The number of rotatable bonds is 5. The van der Waals surface area contributed by atoms with E-state index in [-0.39, 0.29) is 18.3 Å². The summed E-state index contributed by atoms with van der Waals surface area (Å²) in [7, 11) is 0. The van der Waals surface area contributed by atoms with E-state index in [1.165, 1.54) is 11.8 Å². The van der Waals surface area contributed by atoms with Crippen LogP contribution in [0.1, 0.15) is 16.1 Å². The quantitative estimate of drug-likeness (QED) is 0.724. The van der Waals surface area contributed by atoms with Crippen molar-refractivity contribution >= 4 is 17.5 Å². The molecule has 0 aliphatic carbocycles. The summed E-state index contributed by atoms with van der Waals surface area (Å²) >= 11 is 0. The molecule has 0 unspecified atom stereocenters. The van der Waals surface area contributed by atoms with Crippen LogP contribution in [0.5, 0.6) is 0 Å². The largest absolute Gasteiger partial charge is 0.368 e. The Kier molecular flexibility index (Phi) is 5.65. The molecule has 6 nitrogen and oxygen atoms in total. The standard InChI is InChI=1S/C22H22FN5O/c23-19-9-5-4-6-17(19)16-25-22-24-11-10-20(26-22)21(29)28-14-12-27(13-15-28)18-7-2-1-3-8-18/h1-11H,12-16H2,(H,24,25,26). The van der Waals surface area contributed by atoms with Gasteiger partial charge in [-0.05, 0) is 24.3 Å². The van der Waals surface area contributed by atoms with E-state index >= 15 is 0 Å². The molecule has 7 heteroatoms. The molecule has 0 spiro atoms. The molecule has 0 radical (unpaired) electrons. The summed E-state index contributed by atoms with van der Waals surface area (Å²) in [6.45, 7) is 3.07. The highest BCUT2D eigenvalue weighted by atomic mass is 19.1. The maximum Gasteiger partial charge on any atom is 0.272 e. The Hall–Kier alpha value is -3.48. The summed E-state index contributed by atoms with van der Waals surface area (Å²) in [5.74, 6) is -0.0976. The lowest BCUT2D eigenvalue weighted by molar-refractivity contribution is 0.0741. The summed E-state index contributed by atoms with van der Waals surface area (Å²) in [6, 6.07) is 18.3. The van der Waals surface area contributed by atoms with Gasteiger partial charge in [0, 0.05) is 50.2 Å². The monoisotopic (exact) mass is 391 g/mol. The Balaban J connectivity index is 1.37. The molecule has 1 N–H and O–H groups in total. The lowest BCUT2D eigenvalue weighted by Gasteiger charge is -2.36. The molecule has 2 aromatic carbocycles. The third kappa shape index (κ3) is 4.51. The number of hydrogen-bond donors (Lipinski definition) is 1. The van der Waals surface area contributed by atoms with Gasteiger partial charge in [0.05, 0.1) is 0 Å². The van der Waals surface area contributed by atoms with Crippen LogP contribution >= 0.6 is 0 Å². The lowest BCUT2D eigenvalue weighted by Crippen LogP contribution is -2.49. The SMILES string of the molecule is O=C(c1ccnc(NCc2ccccc2F)n1)N1CCN(c2ccccc2)CC1. The second-order valence-electron chi connectivity index (χ2n) is 6.83. The van der Waals surface area contributed by atoms with Gasteiger partial charge in [-0.3, -0.25) is 4.79 Å². The van der Waals surface area contributed by atoms with Gasteiger partial charge in [-0.1, -0.05) is 36.4 Å². The summed E-state index contributed by atoms with van der Waals surface area (Å²) in [5, 5.41) is 2.99. The van der Waals surface area contributed by atoms with Crippen molar-refractivity contribution in [2.24, 2.45) is 0 Å². The summed E-state index contributed by atoms with van der Waals surface area (Å²) < 4.78 is 13.8. The fraction of sp³-hybridized carbons (Fsp3) is 0.227. The number of hydrogen-bond acceptors (Lipinski definition) is 5. The molecule has 2 heterocycles. The molecule has 3 aromatic rings. The predicted octanol–water partition coefficient (Wildman–Crippen LogP) is 3.19. The smallest absolute Gasteiger partial charge is 0.272 e. The second-order valence-corrected chi connectivity index (χ2v) is 6.83. The minimum atomic E-state index is -0.288. The van der Waals surface area contributed by atoms with E-state index in [1.807, 2.05) is 23.1 Å². The van der Waals surface area contributed by atoms with Crippen LogP contribution in [0.2, 0.25) is 0 Å². The van der Waals surface area contributed by atoms with E-state index in [4.69, 9.17) is 0 Å². The summed E-state index contributed by atoms with van der Waals surface area (Å²) in [4.78, 5) is 25.4. The van der Waals surface area contributed by atoms with Gasteiger partial charge in [0.2, 0.25) is 5.95 Å². The number of benzene rings is 2. The van der Waals surface area contributed by atoms with Crippen LogP contribution in [0.25, 0.3) is 0 Å². The summed E-state index contributed by atoms with van der Waals surface area (Å²) in [6.07, 6.45) is 1.55. The molecule has 1 aliphatic rings. The van der Waals surface area contributed by atoms with Gasteiger partial charge in [0.25, 0.3) is 5.91 Å². The molecule has 1 fully saturated rings. The average Bonchev–Trinajstić information content (AvgIpc) is 2.79. The highest BCUT2D eigenvalue weighted by molar-refractivity contribution is 5.92. The van der Waals surface area contributed by atoms with Gasteiger partial charge in [-0.25, -0.2) is 14.4 Å². The van der Waals surface area contributed by atoms with Gasteiger partial charge in [-0.15, -0.1) is 0 Å². The minimum Gasteiger partial charge on any atom is -0.368 e. The van der Waals surface area contributed by atoms with Crippen LogP contribution in [0.3, 0.4) is 0 Å². The molecule has 148 valence electrons. The highest BCUT2D eigenvalue weighted by Gasteiger charge is 2.23. The van der Waals surface area contributed by atoms with Gasteiger partial charge in [-0.2, -0.15) is 0 Å².